The van der Waals surface area contributed by atoms with Gasteiger partial charge in [0.05, 0.1) is 15.6 Å². The van der Waals surface area contributed by atoms with Crippen LogP contribution in [0.25, 0.3) is 0 Å². The summed E-state index contributed by atoms with van der Waals surface area (Å²) in [7, 11) is 0. The molecule has 0 aliphatic rings. The number of nitro benzene ring substituents is 1. The SMILES string of the molecule is Cc1nc(C)c(C(=O)Nc2ccc(Cl)c([N+](=O)[O-])c2)s1. The topological polar surface area (TPSA) is 85.1 Å². The summed E-state index contributed by atoms with van der Waals surface area (Å²) in [6.45, 7) is 3.55. The largest absolute Gasteiger partial charge is 0.321 e. The molecule has 2 rings (SSSR count). The second kappa shape index (κ2) is 5.56. The molecule has 1 amide bonds. The van der Waals surface area contributed by atoms with Crippen molar-refractivity contribution >= 4 is 40.2 Å². The van der Waals surface area contributed by atoms with Crippen LogP contribution in [0.4, 0.5) is 11.4 Å². The molecule has 1 heterocycles. The van der Waals surface area contributed by atoms with Crippen molar-refractivity contribution in [3.05, 3.63) is 48.9 Å². The highest BCUT2D eigenvalue weighted by atomic mass is 35.5. The molecular formula is C12H10ClN3O3S. The van der Waals surface area contributed by atoms with Gasteiger partial charge in [0.1, 0.15) is 9.90 Å². The molecule has 1 aromatic carbocycles. The number of nitrogens with one attached hydrogen (secondary N) is 1. The first-order valence-corrected chi connectivity index (χ1v) is 6.77. The van der Waals surface area contributed by atoms with E-state index >= 15 is 0 Å². The molecule has 0 aliphatic carbocycles. The number of hydrogen-bond acceptors (Lipinski definition) is 5. The fourth-order valence-electron chi connectivity index (χ4n) is 1.66. The van der Waals surface area contributed by atoms with Gasteiger partial charge in [-0.05, 0) is 26.0 Å². The van der Waals surface area contributed by atoms with Crippen molar-refractivity contribution in [1.29, 1.82) is 0 Å². The Bertz CT molecular complexity index is 699. The van der Waals surface area contributed by atoms with Crippen LogP contribution < -0.4 is 5.32 Å². The van der Waals surface area contributed by atoms with Crippen molar-refractivity contribution in [2.75, 3.05) is 5.32 Å². The van der Waals surface area contributed by atoms with Gasteiger partial charge in [-0.3, -0.25) is 14.9 Å². The molecule has 104 valence electrons. The molecule has 0 saturated carbocycles. The van der Waals surface area contributed by atoms with E-state index in [1.807, 2.05) is 6.92 Å². The molecule has 2 aromatic rings. The van der Waals surface area contributed by atoms with Crippen LogP contribution >= 0.6 is 22.9 Å². The predicted molar refractivity (Wildman–Crippen MR) is 77.6 cm³/mol. The zero-order valence-corrected chi connectivity index (χ0v) is 12.2. The molecular weight excluding hydrogens is 302 g/mol. The highest BCUT2D eigenvalue weighted by molar-refractivity contribution is 7.13. The number of benzene rings is 1. The van der Waals surface area contributed by atoms with Crippen molar-refractivity contribution in [1.82, 2.24) is 4.98 Å². The normalized spacial score (nSPS) is 10.3. The van der Waals surface area contributed by atoms with Gasteiger partial charge in [0.2, 0.25) is 0 Å². The Balaban J connectivity index is 2.26. The number of carbonyl (C=O) groups excluding carboxylic acids is 1. The number of aromatic nitrogens is 1. The monoisotopic (exact) mass is 311 g/mol. The summed E-state index contributed by atoms with van der Waals surface area (Å²) in [5.41, 5.74) is 0.701. The number of amides is 1. The molecule has 0 fully saturated rings. The Kier molecular flexibility index (Phi) is 4.01. The van der Waals surface area contributed by atoms with Crippen molar-refractivity contribution in [3.8, 4) is 0 Å². The number of nitrogens with zero attached hydrogens (tertiary/aromatic N) is 2. The van der Waals surface area contributed by atoms with Crippen LogP contribution in [0, 0.1) is 24.0 Å². The van der Waals surface area contributed by atoms with Gasteiger partial charge in [-0.2, -0.15) is 0 Å². The van der Waals surface area contributed by atoms with Gasteiger partial charge in [0.25, 0.3) is 11.6 Å². The van der Waals surface area contributed by atoms with Gasteiger partial charge < -0.3 is 5.32 Å². The van der Waals surface area contributed by atoms with Gasteiger partial charge in [-0.1, -0.05) is 11.6 Å². The lowest BCUT2D eigenvalue weighted by Gasteiger charge is -2.04. The molecule has 1 aromatic heterocycles. The first-order chi connectivity index (χ1) is 9.38. The summed E-state index contributed by atoms with van der Waals surface area (Å²) in [4.78, 5) is 26.9. The van der Waals surface area contributed by atoms with E-state index in [0.29, 0.717) is 16.3 Å². The molecule has 0 spiro atoms. The van der Waals surface area contributed by atoms with E-state index in [1.54, 1.807) is 6.92 Å². The van der Waals surface area contributed by atoms with E-state index in [-0.39, 0.29) is 16.6 Å². The summed E-state index contributed by atoms with van der Waals surface area (Å²) >= 11 is 6.98. The number of thiazole rings is 1. The van der Waals surface area contributed by atoms with E-state index in [2.05, 4.69) is 10.3 Å². The predicted octanol–water partition coefficient (Wildman–Crippen LogP) is 3.57. The lowest BCUT2D eigenvalue weighted by Crippen LogP contribution is -2.11. The van der Waals surface area contributed by atoms with Crippen LogP contribution in [-0.4, -0.2) is 15.8 Å². The minimum absolute atomic E-state index is 0.0258. The maximum atomic E-state index is 12.1. The molecule has 0 bridgehead atoms. The van der Waals surface area contributed by atoms with E-state index < -0.39 is 4.92 Å². The molecule has 20 heavy (non-hydrogen) atoms. The number of carbonyl (C=O) groups is 1. The Morgan fingerprint density at radius 3 is 2.70 bits per heavy atom. The minimum Gasteiger partial charge on any atom is -0.321 e. The Hall–Kier alpha value is -1.99. The third-order valence-corrected chi connectivity index (χ3v) is 3.90. The molecule has 0 atom stereocenters. The number of halogens is 1. The number of rotatable bonds is 3. The fraction of sp³-hybridized carbons (Fsp3) is 0.167. The first-order valence-electron chi connectivity index (χ1n) is 5.58. The quantitative estimate of drug-likeness (QED) is 0.693. The van der Waals surface area contributed by atoms with Crippen LogP contribution in [0.1, 0.15) is 20.4 Å². The lowest BCUT2D eigenvalue weighted by atomic mass is 10.2. The van der Waals surface area contributed by atoms with E-state index in [0.717, 1.165) is 5.01 Å². The van der Waals surface area contributed by atoms with Crippen molar-refractivity contribution < 1.29 is 9.72 Å². The first kappa shape index (κ1) is 14.4. The maximum absolute atomic E-state index is 12.1. The molecule has 1 N–H and O–H groups in total. The third-order valence-electron chi connectivity index (χ3n) is 2.51. The average Bonchev–Trinajstić information content (AvgIpc) is 2.70. The van der Waals surface area contributed by atoms with E-state index in [9.17, 15) is 14.9 Å². The van der Waals surface area contributed by atoms with Crippen LogP contribution in [0.5, 0.6) is 0 Å². The van der Waals surface area contributed by atoms with Gasteiger partial charge in [-0.25, -0.2) is 4.98 Å². The third kappa shape index (κ3) is 2.94. The summed E-state index contributed by atoms with van der Waals surface area (Å²) < 4.78 is 0. The molecule has 8 heteroatoms. The number of hydrogen-bond donors (Lipinski definition) is 1. The Morgan fingerprint density at radius 2 is 2.15 bits per heavy atom. The summed E-state index contributed by atoms with van der Waals surface area (Å²) in [6.07, 6.45) is 0. The summed E-state index contributed by atoms with van der Waals surface area (Å²) in [5, 5.41) is 14.2. The van der Waals surface area contributed by atoms with E-state index in [4.69, 9.17) is 11.6 Å². The fourth-order valence-corrected chi connectivity index (χ4v) is 2.66. The molecule has 0 unspecified atom stereocenters. The van der Waals surface area contributed by atoms with Gasteiger partial charge >= 0.3 is 0 Å². The minimum atomic E-state index is -0.597. The number of aryl methyl sites for hydroxylation is 2. The average molecular weight is 312 g/mol. The number of nitro groups is 1. The second-order valence-corrected chi connectivity index (χ2v) is 5.64. The molecule has 0 saturated heterocycles. The smallest absolute Gasteiger partial charge is 0.289 e. The number of anilines is 1. The van der Waals surface area contributed by atoms with Crippen molar-refractivity contribution in [3.63, 3.8) is 0 Å². The van der Waals surface area contributed by atoms with Crippen LogP contribution in [0.15, 0.2) is 18.2 Å². The zero-order chi connectivity index (χ0) is 14.9. The van der Waals surface area contributed by atoms with Crippen LogP contribution in [-0.2, 0) is 0 Å². The highest BCUT2D eigenvalue weighted by Crippen LogP contribution is 2.28. The second-order valence-electron chi connectivity index (χ2n) is 4.02. The van der Waals surface area contributed by atoms with Crippen molar-refractivity contribution in [2.45, 2.75) is 13.8 Å². The summed E-state index contributed by atoms with van der Waals surface area (Å²) in [5.74, 6) is -0.343. The zero-order valence-electron chi connectivity index (χ0n) is 10.6. The summed E-state index contributed by atoms with van der Waals surface area (Å²) in [6, 6.07) is 4.11. The molecule has 0 radical (unpaired) electrons. The Labute approximate surface area is 123 Å². The van der Waals surface area contributed by atoms with Gasteiger partial charge in [-0.15, -0.1) is 11.3 Å². The maximum Gasteiger partial charge on any atom is 0.289 e. The van der Waals surface area contributed by atoms with Gasteiger partial charge in [0.15, 0.2) is 0 Å². The van der Waals surface area contributed by atoms with Crippen LogP contribution in [0.2, 0.25) is 5.02 Å². The van der Waals surface area contributed by atoms with Crippen LogP contribution in [0.3, 0.4) is 0 Å². The Morgan fingerprint density at radius 1 is 1.45 bits per heavy atom. The van der Waals surface area contributed by atoms with Gasteiger partial charge in [0, 0.05) is 11.8 Å². The standard InChI is InChI=1S/C12H10ClN3O3S/c1-6-11(20-7(2)14-6)12(17)15-8-3-4-9(13)10(5-8)16(18)19/h3-5H,1-2H3,(H,15,17). The molecule has 0 aliphatic heterocycles. The lowest BCUT2D eigenvalue weighted by molar-refractivity contribution is -0.384. The van der Waals surface area contributed by atoms with Crippen molar-refractivity contribution in [2.24, 2.45) is 0 Å². The molecule has 6 nitrogen and oxygen atoms in total. The highest BCUT2D eigenvalue weighted by Gasteiger charge is 2.17. The van der Waals surface area contributed by atoms with E-state index in [1.165, 1.54) is 29.5 Å².